The molecule has 0 unspecified atom stereocenters. The molecule has 3 aromatic carbocycles. The van der Waals surface area contributed by atoms with Crippen molar-refractivity contribution in [2.45, 2.75) is 12.3 Å². The molecular formula is C24H14ClFO8. The van der Waals surface area contributed by atoms with Crippen molar-refractivity contribution in [3.63, 3.8) is 0 Å². The molecule has 2 heterocycles. The van der Waals surface area contributed by atoms with E-state index in [4.69, 9.17) is 20.8 Å². The first-order valence-corrected chi connectivity index (χ1v) is 10.3. The molecule has 1 atom stereocenters. The minimum atomic E-state index is -1.01. The minimum Gasteiger partial charge on any atom is -0.507 e. The average Bonchev–Trinajstić information content (AvgIpc) is 2.79. The normalized spacial score (nSPS) is 15.2. The Bertz CT molecular complexity index is 1580. The Hall–Kier alpha value is -4.24. The van der Waals surface area contributed by atoms with Crippen LogP contribution in [-0.4, -0.2) is 26.4 Å². The molecule has 1 aliphatic heterocycles. The van der Waals surface area contributed by atoms with E-state index < -0.39 is 51.5 Å². The number of carbonyl (C=O) groups excluding carboxylic acids is 1. The number of carbonyl (C=O) groups is 1. The van der Waals surface area contributed by atoms with Gasteiger partial charge in [0.05, 0.1) is 11.4 Å². The van der Waals surface area contributed by atoms with Crippen molar-refractivity contribution in [1.29, 1.82) is 0 Å². The zero-order valence-electron chi connectivity index (χ0n) is 17.0. The number of aromatic hydroxyl groups is 4. The van der Waals surface area contributed by atoms with Crippen LogP contribution in [0.5, 0.6) is 28.7 Å². The summed E-state index contributed by atoms with van der Waals surface area (Å²) in [7, 11) is 0. The molecule has 0 spiro atoms. The van der Waals surface area contributed by atoms with Gasteiger partial charge in [-0.15, -0.1) is 0 Å². The number of benzene rings is 3. The Balaban J connectivity index is 1.88. The first kappa shape index (κ1) is 21.6. The van der Waals surface area contributed by atoms with Gasteiger partial charge in [0.2, 0.25) is 11.2 Å². The van der Waals surface area contributed by atoms with E-state index >= 15 is 0 Å². The summed E-state index contributed by atoms with van der Waals surface area (Å²) in [6.45, 7) is 0. The van der Waals surface area contributed by atoms with E-state index in [-0.39, 0.29) is 45.2 Å². The Kier molecular flexibility index (Phi) is 4.87. The highest BCUT2D eigenvalue weighted by molar-refractivity contribution is 6.30. The van der Waals surface area contributed by atoms with Gasteiger partial charge in [0.1, 0.15) is 28.3 Å². The molecule has 34 heavy (non-hydrogen) atoms. The van der Waals surface area contributed by atoms with Crippen LogP contribution in [0.2, 0.25) is 5.02 Å². The van der Waals surface area contributed by atoms with Crippen LogP contribution in [0, 0.1) is 5.82 Å². The molecule has 5 rings (SSSR count). The lowest BCUT2D eigenvalue weighted by Gasteiger charge is -2.26. The number of esters is 1. The average molecular weight is 485 g/mol. The number of halogens is 2. The van der Waals surface area contributed by atoms with E-state index in [1.165, 1.54) is 24.3 Å². The van der Waals surface area contributed by atoms with Gasteiger partial charge in [-0.1, -0.05) is 23.7 Å². The second-order valence-electron chi connectivity index (χ2n) is 7.70. The van der Waals surface area contributed by atoms with Crippen molar-refractivity contribution < 1.29 is 38.8 Å². The largest absolute Gasteiger partial charge is 0.507 e. The topological polar surface area (TPSA) is 137 Å². The fraction of sp³-hybridized carbons (Fsp3) is 0.0833. The first-order chi connectivity index (χ1) is 16.2. The lowest BCUT2D eigenvalue weighted by atomic mass is 9.84. The highest BCUT2D eigenvalue weighted by Gasteiger charge is 2.36. The molecule has 4 aromatic rings. The van der Waals surface area contributed by atoms with E-state index in [2.05, 4.69) is 0 Å². The number of phenols is 3. The molecule has 1 aliphatic rings. The predicted octanol–water partition coefficient (Wildman–Crippen LogP) is 4.52. The Labute approximate surface area is 194 Å². The zero-order chi connectivity index (χ0) is 24.3. The van der Waals surface area contributed by atoms with Gasteiger partial charge >= 0.3 is 5.97 Å². The molecule has 0 aliphatic carbocycles. The van der Waals surface area contributed by atoms with Crippen molar-refractivity contribution in [3.05, 3.63) is 74.7 Å². The molecule has 0 saturated heterocycles. The van der Waals surface area contributed by atoms with Crippen LogP contribution >= 0.6 is 11.6 Å². The van der Waals surface area contributed by atoms with E-state index in [1.807, 2.05) is 0 Å². The van der Waals surface area contributed by atoms with Crippen LogP contribution in [0.25, 0.3) is 22.3 Å². The SMILES string of the molecule is O=C1C[C@H](c2cccc(Cl)c2F)c2c(cc(O)c3c(=O)c(O)c(-c4ccc(O)c(O)c4)oc23)O1. The number of hydrogen-bond acceptors (Lipinski definition) is 8. The monoisotopic (exact) mass is 484 g/mol. The molecule has 0 saturated carbocycles. The van der Waals surface area contributed by atoms with Crippen LogP contribution in [0.15, 0.2) is 51.7 Å². The predicted molar refractivity (Wildman–Crippen MR) is 118 cm³/mol. The number of fused-ring (bicyclic) bond motifs is 3. The Morgan fingerprint density at radius 1 is 0.971 bits per heavy atom. The standard InChI is InChI=1S/C24H14ClFO8/c25-12-3-1-2-10(20(12)26)11-7-17(30)33-16-8-15(29)19-21(31)22(32)23(34-24(19)18(11)16)9-4-5-13(27)14(28)6-9/h1-6,8,11,27-29,32H,7H2/t11-/m1/s1. The number of phenolic OH excluding ortho intramolecular Hbond substituents is 3. The van der Waals surface area contributed by atoms with Crippen molar-refractivity contribution in [1.82, 2.24) is 0 Å². The van der Waals surface area contributed by atoms with Crippen molar-refractivity contribution in [3.8, 4) is 40.1 Å². The molecule has 1 aromatic heterocycles. The van der Waals surface area contributed by atoms with Gasteiger partial charge in [-0.05, 0) is 29.8 Å². The van der Waals surface area contributed by atoms with Crippen LogP contribution in [0.3, 0.4) is 0 Å². The zero-order valence-corrected chi connectivity index (χ0v) is 17.8. The van der Waals surface area contributed by atoms with Gasteiger partial charge in [0.15, 0.2) is 17.3 Å². The molecule has 0 radical (unpaired) electrons. The van der Waals surface area contributed by atoms with Crippen LogP contribution < -0.4 is 10.2 Å². The number of rotatable bonds is 2. The van der Waals surface area contributed by atoms with Gasteiger partial charge in [0.25, 0.3) is 0 Å². The molecule has 0 fully saturated rings. The van der Waals surface area contributed by atoms with E-state index in [0.717, 1.165) is 18.2 Å². The third-order valence-electron chi connectivity index (χ3n) is 5.66. The van der Waals surface area contributed by atoms with Gasteiger partial charge < -0.3 is 29.6 Å². The second kappa shape index (κ2) is 7.67. The Morgan fingerprint density at radius 3 is 2.47 bits per heavy atom. The van der Waals surface area contributed by atoms with Gasteiger partial charge in [-0.3, -0.25) is 9.59 Å². The van der Waals surface area contributed by atoms with Crippen LogP contribution in [0.4, 0.5) is 4.39 Å². The van der Waals surface area contributed by atoms with Gasteiger partial charge in [0, 0.05) is 23.1 Å². The molecule has 0 bridgehead atoms. The maximum atomic E-state index is 14.9. The van der Waals surface area contributed by atoms with Crippen LogP contribution in [-0.2, 0) is 4.79 Å². The molecule has 10 heteroatoms. The quantitative estimate of drug-likeness (QED) is 0.185. The van der Waals surface area contributed by atoms with Crippen LogP contribution in [0.1, 0.15) is 23.5 Å². The molecule has 0 amide bonds. The number of hydrogen-bond donors (Lipinski definition) is 4. The third-order valence-corrected chi connectivity index (χ3v) is 5.95. The summed E-state index contributed by atoms with van der Waals surface area (Å²) in [4.78, 5) is 25.3. The fourth-order valence-electron chi connectivity index (χ4n) is 4.10. The molecule has 4 N–H and O–H groups in total. The second-order valence-corrected chi connectivity index (χ2v) is 8.11. The summed E-state index contributed by atoms with van der Waals surface area (Å²) in [5, 5.41) is 39.8. The van der Waals surface area contributed by atoms with E-state index in [9.17, 15) is 34.4 Å². The van der Waals surface area contributed by atoms with Gasteiger partial charge in [-0.25, -0.2) is 4.39 Å². The maximum absolute atomic E-state index is 14.9. The molecular weight excluding hydrogens is 471 g/mol. The number of ether oxygens (including phenoxy) is 1. The summed E-state index contributed by atoms with van der Waals surface area (Å²) < 4.78 is 26.0. The fourth-order valence-corrected chi connectivity index (χ4v) is 4.28. The maximum Gasteiger partial charge on any atom is 0.312 e. The van der Waals surface area contributed by atoms with Gasteiger partial charge in [-0.2, -0.15) is 0 Å². The summed E-state index contributed by atoms with van der Waals surface area (Å²) in [5.74, 6) is -5.49. The van der Waals surface area contributed by atoms with E-state index in [0.29, 0.717) is 0 Å². The molecule has 172 valence electrons. The summed E-state index contributed by atoms with van der Waals surface area (Å²) in [5.41, 5.74) is -1.10. The lowest BCUT2D eigenvalue weighted by Crippen LogP contribution is -2.22. The summed E-state index contributed by atoms with van der Waals surface area (Å²) in [6.07, 6.45) is -0.315. The smallest absolute Gasteiger partial charge is 0.312 e. The Morgan fingerprint density at radius 2 is 1.74 bits per heavy atom. The summed E-state index contributed by atoms with van der Waals surface area (Å²) >= 11 is 5.94. The van der Waals surface area contributed by atoms with Crippen molar-refractivity contribution in [2.24, 2.45) is 0 Å². The highest BCUT2D eigenvalue weighted by Crippen LogP contribution is 2.48. The first-order valence-electron chi connectivity index (χ1n) is 9.90. The summed E-state index contributed by atoms with van der Waals surface area (Å²) in [6, 6.07) is 8.74. The van der Waals surface area contributed by atoms with Crippen molar-refractivity contribution in [2.75, 3.05) is 0 Å². The van der Waals surface area contributed by atoms with E-state index in [1.54, 1.807) is 0 Å². The highest BCUT2D eigenvalue weighted by atomic mass is 35.5. The van der Waals surface area contributed by atoms with Crippen molar-refractivity contribution >= 4 is 28.5 Å². The lowest BCUT2D eigenvalue weighted by molar-refractivity contribution is -0.135. The third kappa shape index (κ3) is 3.20. The minimum absolute atomic E-state index is 0.0298. The molecule has 8 nitrogen and oxygen atoms in total.